The Hall–Kier alpha value is -2.38. The van der Waals surface area contributed by atoms with E-state index in [1.165, 1.54) is 0 Å². The number of hydrogen-bond acceptors (Lipinski definition) is 5. The second-order valence-corrected chi connectivity index (χ2v) is 7.51. The first-order valence-corrected chi connectivity index (χ1v) is 9.70. The molecule has 3 aromatic rings. The normalized spacial score (nSPS) is 12.7. The van der Waals surface area contributed by atoms with Crippen molar-refractivity contribution in [1.29, 1.82) is 0 Å². The smallest absolute Gasteiger partial charge is 0.255 e. The van der Waals surface area contributed by atoms with Gasteiger partial charge in [0.05, 0.1) is 5.69 Å². The SMILES string of the molecule is Cc1csc(-c2ccc(C(=O)Nc3cc4c(cc3Br)OCCO4)cc2)n1. The summed E-state index contributed by atoms with van der Waals surface area (Å²) >= 11 is 5.05. The Labute approximate surface area is 163 Å². The maximum Gasteiger partial charge on any atom is 0.255 e. The zero-order valence-electron chi connectivity index (χ0n) is 13.9. The van der Waals surface area contributed by atoms with E-state index in [2.05, 4.69) is 26.2 Å². The lowest BCUT2D eigenvalue weighted by Crippen LogP contribution is -2.17. The molecule has 1 aromatic heterocycles. The van der Waals surface area contributed by atoms with Gasteiger partial charge >= 0.3 is 0 Å². The van der Waals surface area contributed by atoms with Gasteiger partial charge in [0.25, 0.3) is 5.91 Å². The van der Waals surface area contributed by atoms with Crippen LogP contribution in [0.3, 0.4) is 0 Å². The highest BCUT2D eigenvalue weighted by Crippen LogP contribution is 2.38. The number of carbonyl (C=O) groups excluding carboxylic acids is 1. The number of hydrogen-bond donors (Lipinski definition) is 1. The molecule has 0 spiro atoms. The van der Waals surface area contributed by atoms with Crippen LogP contribution in [0.25, 0.3) is 10.6 Å². The average Bonchev–Trinajstić information content (AvgIpc) is 3.09. The van der Waals surface area contributed by atoms with Crippen molar-refractivity contribution in [2.45, 2.75) is 6.92 Å². The zero-order valence-corrected chi connectivity index (χ0v) is 16.3. The highest BCUT2D eigenvalue weighted by Gasteiger charge is 2.17. The summed E-state index contributed by atoms with van der Waals surface area (Å²) in [6, 6.07) is 11.0. The Bertz CT molecular complexity index is 969. The lowest BCUT2D eigenvalue weighted by molar-refractivity contribution is 0.102. The monoisotopic (exact) mass is 430 g/mol. The summed E-state index contributed by atoms with van der Waals surface area (Å²) in [5.41, 5.74) is 3.21. The number of benzene rings is 2. The lowest BCUT2D eigenvalue weighted by Gasteiger charge is -2.20. The molecule has 2 heterocycles. The Kier molecular flexibility index (Phi) is 4.65. The maximum atomic E-state index is 12.6. The number of nitrogens with zero attached hydrogens (tertiary/aromatic N) is 1. The summed E-state index contributed by atoms with van der Waals surface area (Å²) in [5, 5.41) is 5.86. The molecule has 1 aliphatic rings. The fourth-order valence-corrected chi connectivity index (χ4v) is 3.83. The summed E-state index contributed by atoms with van der Waals surface area (Å²) in [4.78, 5) is 17.0. The second-order valence-electron chi connectivity index (χ2n) is 5.80. The topological polar surface area (TPSA) is 60.5 Å². The first-order chi connectivity index (χ1) is 12.6. The first-order valence-electron chi connectivity index (χ1n) is 8.03. The van der Waals surface area contributed by atoms with Crippen LogP contribution in [0.4, 0.5) is 5.69 Å². The molecule has 1 aliphatic heterocycles. The van der Waals surface area contributed by atoms with Gasteiger partial charge in [-0.25, -0.2) is 4.98 Å². The van der Waals surface area contributed by atoms with Crippen LogP contribution in [0.1, 0.15) is 16.1 Å². The van der Waals surface area contributed by atoms with Gasteiger partial charge in [-0.2, -0.15) is 0 Å². The van der Waals surface area contributed by atoms with E-state index >= 15 is 0 Å². The van der Waals surface area contributed by atoms with E-state index in [-0.39, 0.29) is 5.91 Å². The van der Waals surface area contributed by atoms with Crippen molar-refractivity contribution in [3.63, 3.8) is 0 Å². The molecule has 26 heavy (non-hydrogen) atoms. The van der Waals surface area contributed by atoms with Crippen LogP contribution in [-0.4, -0.2) is 24.1 Å². The van der Waals surface area contributed by atoms with Crippen LogP contribution in [0.2, 0.25) is 0 Å². The van der Waals surface area contributed by atoms with Gasteiger partial charge in [-0.15, -0.1) is 11.3 Å². The van der Waals surface area contributed by atoms with E-state index in [4.69, 9.17) is 9.47 Å². The number of rotatable bonds is 3. The molecule has 0 atom stereocenters. The number of aromatic nitrogens is 1. The van der Waals surface area contributed by atoms with E-state index in [0.717, 1.165) is 20.7 Å². The van der Waals surface area contributed by atoms with Gasteiger partial charge in [-0.05, 0) is 35.0 Å². The molecule has 0 radical (unpaired) electrons. The molecule has 0 saturated heterocycles. The number of thiazole rings is 1. The van der Waals surface area contributed by atoms with E-state index in [9.17, 15) is 4.79 Å². The predicted octanol–water partition coefficient (Wildman–Crippen LogP) is 4.90. The quantitative estimate of drug-likeness (QED) is 0.641. The van der Waals surface area contributed by atoms with Gasteiger partial charge in [-0.3, -0.25) is 4.79 Å². The molecular formula is C19H15BrN2O3S. The van der Waals surface area contributed by atoms with Crippen molar-refractivity contribution in [2.24, 2.45) is 0 Å². The number of fused-ring (bicyclic) bond motifs is 1. The van der Waals surface area contributed by atoms with Crippen LogP contribution >= 0.6 is 27.3 Å². The highest BCUT2D eigenvalue weighted by atomic mass is 79.9. The molecular weight excluding hydrogens is 416 g/mol. The minimum absolute atomic E-state index is 0.191. The van der Waals surface area contributed by atoms with Crippen LogP contribution in [0.5, 0.6) is 11.5 Å². The molecule has 0 bridgehead atoms. The Morgan fingerprint density at radius 2 is 1.85 bits per heavy atom. The number of amides is 1. The van der Waals surface area contributed by atoms with Gasteiger partial charge < -0.3 is 14.8 Å². The number of anilines is 1. The van der Waals surface area contributed by atoms with Crippen LogP contribution < -0.4 is 14.8 Å². The summed E-state index contributed by atoms with van der Waals surface area (Å²) in [6.07, 6.45) is 0. The van der Waals surface area contributed by atoms with E-state index in [1.54, 1.807) is 35.6 Å². The summed E-state index contributed by atoms with van der Waals surface area (Å²) in [7, 11) is 0. The first kappa shape index (κ1) is 17.1. The third-order valence-electron chi connectivity index (χ3n) is 3.89. The summed E-state index contributed by atoms with van der Waals surface area (Å²) in [5.74, 6) is 1.11. The van der Waals surface area contributed by atoms with Crippen LogP contribution in [-0.2, 0) is 0 Å². The third kappa shape index (κ3) is 3.45. The molecule has 0 fully saturated rings. The molecule has 4 rings (SSSR count). The van der Waals surface area contributed by atoms with Crippen molar-refractivity contribution < 1.29 is 14.3 Å². The van der Waals surface area contributed by atoms with E-state index < -0.39 is 0 Å². The number of ether oxygens (including phenoxy) is 2. The Morgan fingerprint density at radius 1 is 1.15 bits per heavy atom. The van der Waals surface area contributed by atoms with Crippen LogP contribution in [0.15, 0.2) is 46.3 Å². The molecule has 0 saturated carbocycles. The molecule has 0 unspecified atom stereocenters. The largest absolute Gasteiger partial charge is 0.486 e. The van der Waals surface area contributed by atoms with Crippen molar-refractivity contribution in [2.75, 3.05) is 18.5 Å². The highest BCUT2D eigenvalue weighted by molar-refractivity contribution is 9.10. The predicted molar refractivity (Wildman–Crippen MR) is 105 cm³/mol. The van der Waals surface area contributed by atoms with Crippen LogP contribution in [0, 0.1) is 6.92 Å². The Balaban J connectivity index is 1.53. The van der Waals surface area contributed by atoms with Crippen molar-refractivity contribution in [3.05, 3.63) is 57.5 Å². The lowest BCUT2D eigenvalue weighted by atomic mass is 10.1. The second kappa shape index (κ2) is 7.09. The van der Waals surface area contributed by atoms with Crippen molar-refractivity contribution >= 4 is 38.9 Å². The molecule has 0 aliphatic carbocycles. The number of aryl methyl sites for hydroxylation is 1. The number of carbonyl (C=O) groups is 1. The van der Waals surface area contributed by atoms with Crippen molar-refractivity contribution in [3.8, 4) is 22.1 Å². The molecule has 132 valence electrons. The molecule has 7 heteroatoms. The third-order valence-corrected chi connectivity index (χ3v) is 5.56. The summed E-state index contributed by atoms with van der Waals surface area (Å²) in [6.45, 7) is 2.99. The number of nitrogens with one attached hydrogen (secondary N) is 1. The minimum Gasteiger partial charge on any atom is -0.486 e. The van der Waals surface area contributed by atoms with Gasteiger partial charge in [0.15, 0.2) is 11.5 Å². The maximum absolute atomic E-state index is 12.6. The minimum atomic E-state index is -0.191. The average molecular weight is 431 g/mol. The molecule has 1 N–H and O–H groups in total. The fraction of sp³-hybridized carbons (Fsp3) is 0.158. The standard InChI is InChI=1S/C19H15BrN2O3S/c1-11-10-26-19(21-11)13-4-2-12(3-5-13)18(23)22-15-9-17-16(8-14(15)20)24-6-7-25-17/h2-5,8-10H,6-7H2,1H3,(H,22,23). The van der Waals surface area contributed by atoms with Crippen molar-refractivity contribution in [1.82, 2.24) is 4.98 Å². The van der Waals surface area contributed by atoms with Gasteiger partial charge in [0, 0.05) is 38.8 Å². The van der Waals surface area contributed by atoms with Gasteiger partial charge in [0.2, 0.25) is 0 Å². The van der Waals surface area contributed by atoms with E-state index in [0.29, 0.717) is 36.0 Å². The fourth-order valence-electron chi connectivity index (χ4n) is 2.60. The summed E-state index contributed by atoms with van der Waals surface area (Å²) < 4.78 is 11.8. The van der Waals surface area contributed by atoms with E-state index in [1.807, 2.05) is 24.4 Å². The zero-order chi connectivity index (χ0) is 18.1. The molecule has 2 aromatic carbocycles. The van der Waals surface area contributed by atoms with Gasteiger partial charge in [0.1, 0.15) is 18.2 Å². The van der Waals surface area contributed by atoms with Gasteiger partial charge in [-0.1, -0.05) is 12.1 Å². The molecule has 5 nitrogen and oxygen atoms in total. The molecule has 1 amide bonds. The number of halogens is 1. The Morgan fingerprint density at radius 3 is 2.50 bits per heavy atom.